The summed E-state index contributed by atoms with van der Waals surface area (Å²) in [6, 6.07) is 0. The Morgan fingerprint density at radius 3 is 2.05 bits per heavy atom. The average Bonchev–Trinajstić information content (AvgIpc) is 2.83. The maximum absolute atomic E-state index is 5.86. The lowest BCUT2D eigenvalue weighted by molar-refractivity contribution is 0.190. The molecule has 0 aliphatic carbocycles. The highest BCUT2D eigenvalue weighted by atomic mass is 32.1. The monoisotopic (exact) mass is 301 g/mol. The van der Waals surface area contributed by atoms with Gasteiger partial charge in [0.2, 0.25) is 0 Å². The van der Waals surface area contributed by atoms with E-state index in [0.29, 0.717) is 19.8 Å². The number of nitrogens with two attached hydrogens (primary N) is 1. The summed E-state index contributed by atoms with van der Waals surface area (Å²) in [7, 11) is 3.42. The molecule has 1 heterocycles. The Kier molecular flexibility index (Phi) is 6.88. The molecular weight excluding hydrogens is 274 g/mol. The predicted octanol–water partition coefficient (Wildman–Crippen LogP) is 2.00. The molecule has 1 rings (SSSR count). The van der Waals surface area contributed by atoms with Crippen molar-refractivity contribution in [1.29, 1.82) is 0 Å². The Hall–Kier alpha value is -0.690. The van der Waals surface area contributed by atoms with Gasteiger partial charge in [-0.3, -0.25) is 0 Å². The fraction of sp³-hybridized carbons (Fsp3) is 0.786. The van der Waals surface area contributed by atoms with Crippen LogP contribution in [-0.4, -0.2) is 45.5 Å². The maximum Gasteiger partial charge on any atom is 0.186 e. The molecule has 0 saturated heterocycles. The Morgan fingerprint density at radius 1 is 1.15 bits per heavy atom. The minimum absolute atomic E-state index is 0.0115. The fourth-order valence-electron chi connectivity index (χ4n) is 1.90. The standard InChI is InChI=1S/C14H27N3O2S/c1-14(2,3)12-11(10-15)20-13(16-12)17(6-8-18-4)7-9-19-5/h6-10,15H2,1-5H3. The van der Waals surface area contributed by atoms with Gasteiger partial charge in [0, 0.05) is 44.1 Å². The van der Waals surface area contributed by atoms with Crippen molar-refractivity contribution in [2.45, 2.75) is 32.7 Å². The number of aromatic nitrogens is 1. The zero-order valence-electron chi connectivity index (χ0n) is 13.2. The Morgan fingerprint density at radius 2 is 1.70 bits per heavy atom. The van der Waals surface area contributed by atoms with Gasteiger partial charge >= 0.3 is 0 Å². The predicted molar refractivity (Wildman–Crippen MR) is 84.7 cm³/mol. The smallest absolute Gasteiger partial charge is 0.186 e. The molecule has 5 nitrogen and oxygen atoms in total. The average molecular weight is 301 g/mol. The van der Waals surface area contributed by atoms with Crippen LogP contribution >= 0.6 is 11.3 Å². The third kappa shape index (κ3) is 4.70. The number of thiazole rings is 1. The van der Waals surface area contributed by atoms with Crippen molar-refractivity contribution in [3.8, 4) is 0 Å². The molecule has 6 heteroatoms. The molecule has 0 fully saturated rings. The van der Waals surface area contributed by atoms with Crippen LogP contribution in [0.4, 0.5) is 5.13 Å². The summed E-state index contributed by atoms with van der Waals surface area (Å²) in [5.41, 5.74) is 6.97. The summed E-state index contributed by atoms with van der Waals surface area (Å²) in [5.74, 6) is 0. The van der Waals surface area contributed by atoms with E-state index in [-0.39, 0.29) is 5.41 Å². The maximum atomic E-state index is 5.86. The van der Waals surface area contributed by atoms with Crippen LogP contribution in [0.1, 0.15) is 31.3 Å². The first-order valence-corrected chi connectivity index (χ1v) is 7.68. The summed E-state index contributed by atoms with van der Waals surface area (Å²) in [6.45, 7) is 9.99. The topological polar surface area (TPSA) is 60.6 Å². The molecule has 0 atom stereocenters. The first-order chi connectivity index (χ1) is 9.43. The lowest BCUT2D eigenvalue weighted by atomic mass is 9.91. The van der Waals surface area contributed by atoms with E-state index in [9.17, 15) is 0 Å². The van der Waals surface area contributed by atoms with Crippen molar-refractivity contribution in [2.75, 3.05) is 45.4 Å². The number of hydrogen-bond donors (Lipinski definition) is 1. The zero-order chi connectivity index (χ0) is 15.2. The van der Waals surface area contributed by atoms with Crippen LogP contribution in [0, 0.1) is 0 Å². The Bertz CT molecular complexity index is 394. The second kappa shape index (κ2) is 7.93. The lowest BCUT2D eigenvalue weighted by Gasteiger charge is -2.21. The molecule has 0 spiro atoms. The van der Waals surface area contributed by atoms with Gasteiger partial charge in [0.25, 0.3) is 0 Å². The molecular formula is C14H27N3O2S. The van der Waals surface area contributed by atoms with Crippen LogP contribution in [0.25, 0.3) is 0 Å². The molecule has 2 N–H and O–H groups in total. The highest BCUT2D eigenvalue weighted by Gasteiger charge is 2.24. The number of anilines is 1. The fourth-order valence-corrected chi connectivity index (χ4v) is 3.11. The van der Waals surface area contributed by atoms with E-state index in [1.165, 1.54) is 0 Å². The molecule has 0 aromatic carbocycles. The van der Waals surface area contributed by atoms with Crippen molar-refractivity contribution in [3.05, 3.63) is 10.6 Å². The largest absolute Gasteiger partial charge is 0.383 e. The number of rotatable bonds is 8. The molecule has 0 aliphatic rings. The van der Waals surface area contributed by atoms with Gasteiger partial charge in [-0.15, -0.1) is 11.3 Å². The van der Waals surface area contributed by atoms with E-state index in [4.69, 9.17) is 20.2 Å². The van der Waals surface area contributed by atoms with E-state index in [2.05, 4.69) is 25.7 Å². The minimum Gasteiger partial charge on any atom is -0.383 e. The quantitative estimate of drug-likeness (QED) is 0.796. The SMILES string of the molecule is COCCN(CCOC)c1nc(C(C)(C)C)c(CN)s1. The Labute approximate surface area is 126 Å². The highest BCUT2D eigenvalue weighted by Crippen LogP contribution is 2.33. The van der Waals surface area contributed by atoms with Gasteiger partial charge < -0.3 is 20.1 Å². The van der Waals surface area contributed by atoms with Crippen molar-refractivity contribution in [1.82, 2.24) is 4.98 Å². The second-order valence-electron chi connectivity index (χ2n) is 5.69. The molecule has 1 aromatic heterocycles. The van der Waals surface area contributed by atoms with Crippen LogP contribution in [0.2, 0.25) is 0 Å². The van der Waals surface area contributed by atoms with Crippen molar-refractivity contribution >= 4 is 16.5 Å². The van der Waals surface area contributed by atoms with Crippen molar-refractivity contribution in [3.63, 3.8) is 0 Å². The van der Waals surface area contributed by atoms with Gasteiger partial charge in [-0.25, -0.2) is 4.98 Å². The van der Waals surface area contributed by atoms with E-state index in [1.54, 1.807) is 25.6 Å². The number of methoxy groups -OCH3 is 2. The van der Waals surface area contributed by atoms with Gasteiger partial charge in [0.1, 0.15) is 0 Å². The zero-order valence-corrected chi connectivity index (χ0v) is 14.0. The summed E-state index contributed by atoms with van der Waals surface area (Å²) < 4.78 is 10.3. The highest BCUT2D eigenvalue weighted by molar-refractivity contribution is 7.15. The third-order valence-electron chi connectivity index (χ3n) is 2.98. The van der Waals surface area contributed by atoms with Crippen LogP contribution in [-0.2, 0) is 21.4 Å². The molecule has 0 unspecified atom stereocenters. The molecule has 1 aromatic rings. The van der Waals surface area contributed by atoms with Gasteiger partial charge in [-0.1, -0.05) is 20.8 Å². The normalized spacial score (nSPS) is 11.9. The minimum atomic E-state index is 0.0115. The van der Waals surface area contributed by atoms with Gasteiger partial charge in [0.15, 0.2) is 5.13 Å². The van der Waals surface area contributed by atoms with Crippen LogP contribution in [0.15, 0.2) is 0 Å². The van der Waals surface area contributed by atoms with E-state index < -0.39 is 0 Å². The summed E-state index contributed by atoms with van der Waals surface area (Å²) in [5, 5.41) is 1.00. The molecule has 116 valence electrons. The van der Waals surface area contributed by atoms with Crippen LogP contribution in [0.5, 0.6) is 0 Å². The van der Waals surface area contributed by atoms with Gasteiger partial charge in [-0.2, -0.15) is 0 Å². The molecule has 0 radical (unpaired) electrons. The molecule has 0 saturated carbocycles. The first-order valence-electron chi connectivity index (χ1n) is 6.87. The van der Waals surface area contributed by atoms with E-state index in [1.807, 2.05) is 0 Å². The molecule has 20 heavy (non-hydrogen) atoms. The number of hydrogen-bond acceptors (Lipinski definition) is 6. The lowest BCUT2D eigenvalue weighted by Crippen LogP contribution is -2.30. The second-order valence-corrected chi connectivity index (χ2v) is 6.76. The van der Waals surface area contributed by atoms with Crippen molar-refractivity contribution in [2.24, 2.45) is 5.73 Å². The molecule has 0 bridgehead atoms. The molecule has 0 amide bonds. The van der Waals surface area contributed by atoms with E-state index in [0.717, 1.165) is 28.8 Å². The van der Waals surface area contributed by atoms with Gasteiger partial charge in [-0.05, 0) is 0 Å². The Balaban J connectivity index is 2.97. The van der Waals surface area contributed by atoms with Crippen LogP contribution < -0.4 is 10.6 Å². The number of ether oxygens (including phenoxy) is 2. The summed E-state index contributed by atoms with van der Waals surface area (Å²) >= 11 is 1.67. The summed E-state index contributed by atoms with van der Waals surface area (Å²) in [6.07, 6.45) is 0. The first kappa shape index (κ1) is 17.4. The van der Waals surface area contributed by atoms with Crippen LogP contribution in [0.3, 0.4) is 0 Å². The summed E-state index contributed by atoms with van der Waals surface area (Å²) in [4.78, 5) is 8.17. The van der Waals surface area contributed by atoms with Crippen molar-refractivity contribution < 1.29 is 9.47 Å². The number of nitrogens with zero attached hydrogens (tertiary/aromatic N) is 2. The molecule has 0 aliphatic heterocycles. The third-order valence-corrected chi connectivity index (χ3v) is 4.12. The van der Waals surface area contributed by atoms with Gasteiger partial charge in [0.05, 0.1) is 18.9 Å². The van der Waals surface area contributed by atoms with E-state index >= 15 is 0 Å².